The number of aliphatic carboxylic acids is 1. The van der Waals surface area contributed by atoms with Gasteiger partial charge in [0.05, 0.1) is 31.5 Å². The van der Waals surface area contributed by atoms with E-state index in [2.05, 4.69) is 21.7 Å². The topological polar surface area (TPSA) is 82.9 Å². The molecule has 0 saturated carbocycles. The van der Waals surface area contributed by atoms with Gasteiger partial charge < -0.3 is 14.9 Å². The number of halogens is 1. The lowest BCUT2D eigenvalue weighted by Crippen LogP contribution is -2.41. The molecule has 1 saturated heterocycles. The zero-order valence-electron chi connectivity index (χ0n) is 19.6. The number of hydrogen-bond donors (Lipinski definition) is 2. The van der Waals surface area contributed by atoms with Crippen molar-refractivity contribution in [1.29, 1.82) is 0 Å². The number of carboxylic acids is 1. The van der Waals surface area contributed by atoms with Crippen LogP contribution in [0.1, 0.15) is 42.9 Å². The van der Waals surface area contributed by atoms with Crippen LogP contribution in [0.3, 0.4) is 0 Å². The standard InChI is InChI=1S/C27H29FN2O4S/c1-34-21-5-6-24-22(14-21)27(23(28)15-29-24)25(31)7-4-19-8-11-30(16-20(19)13-26(32)33)10-2-3-18-9-12-35-17-18/h5-6,9,12,14-15,17,19-20,25,31H,4,7-8,10-11,13,16H2,1H3,(H,32,33)/t19?,20?,25-/m1/s1. The van der Waals surface area contributed by atoms with Crippen LogP contribution < -0.4 is 4.74 Å². The van der Waals surface area contributed by atoms with Crippen LogP contribution in [0.25, 0.3) is 10.9 Å². The molecular weight excluding hydrogens is 467 g/mol. The number of piperidine rings is 1. The number of pyridine rings is 1. The second-order valence-corrected chi connectivity index (χ2v) is 9.73. The number of hydrogen-bond acceptors (Lipinski definition) is 6. The number of benzene rings is 1. The van der Waals surface area contributed by atoms with E-state index in [1.165, 1.54) is 7.11 Å². The Labute approximate surface area is 208 Å². The summed E-state index contributed by atoms with van der Waals surface area (Å²) in [6.45, 7) is 2.06. The Morgan fingerprint density at radius 1 is 1.37 bits per heavy atom. The lowest BCUT2D eigenvalue weighted by molar-refractivity contribution is -0.139. The summed E-state index contributed by atoms with van der Waals surface area (Å²) in [7, 11) is 1.53. The largest absolute Gasteiger partial charge is 0.497 e. The first-order chi connectivity index (χ1) is 16.9. The van der Waals surface area contributed by atoms with Gasteiger partial charge in [0.1, 0.15) is 11.6 Å². The van der Waals surface area contributed by atoms with Gasteiger partial charge in [-0.25, -0.2) is 4.39 Å². The van der Waals surface area contributed by atoms with Gasteiger partial charge in [0.25, 0.3) is 0 Å². The van der Waals surface area contributed by atoms with Crippen molar-refractivity contribution in [2.75, 3.05) is 26.7 Å². The molecule has 1 aromatic carbocycles. The van der Waals surface area contributed by atoms with E-state index in [-0.39, 0.29) is 23.8 Å². The first kappa shape index (κ1) is 25.1. The molecule has 2 unspecified atom stereocenters. The van der Waals surface area contributed by atoms with Crippen molar-refractivity contribution in [2.45, 2.75) is 31.8 Å². The molecule has 1 fully saturated rings. The van der Waals surface area contributed by atoms with E-state index in [0.717, 1.165) is 24.7 Å². The summed E-state index contributed by atoms with van der Waals surface area (Å²) >= 11 is 1.61. The van der Waals surface area contributed by atoms with Crippen LogP contribution >= 0.6 is 11.3 Å². The highest BCUT2D eigenvalue weighted by atomic mass is 32.1. The van der Waals surface area contributed by atoms with Crippen molar-refractivity contribution in [3.63, 3.8) is 0 Å². The van der Waals surface area contributed by atoms with E-state index in [9.17, 15) is 19.4 Å². The molecule has 1 aliphatic heterocycles. The lowest BCUT2D eigenvalue weighted by atomic mass is 9.79. The molecule has 2 aromatic heterocycles. The maximum Gasteiger partial charge on any atom is 0.303 e. The Morgan fingerprint density at radius 2 is 2.23 bits per heavy atom. The Bertz CT molecular complexity index is 1220. The summed E-state index contributed by atoms with van der Waals surface area (Å²) in [5.41, 5.74) is 1.79. The molecule has 0 bridgehead atoms. The Kier molecular flexibility index (Phi) is 8.34. The quantitative estimate of drug-likeness (QED) is 0.439. The highest BCUT2D eigenvalue weighted by Crippen LogP contribution is 2.35. The molecule has 35 heavy (non-hydrogen) atoms. The van der Waals surface area contributed by atoms with E-state index < -0.39 is 17.9 Å². The van der Waals surface area contributed by atoms with E-state index in [1.54, 1.807) is 29.5 Å². The number of aliphatic hydroxyl groups is 1. The number of fused-ring (bicyclic) bond motifs is 1. The fraction of sp³-hybridized carbons (Fsp3) is 0.407. The smallest absolute Gasteiger partial charge is 0.303 e. The van der Waals surface area contributed by atoms with Crippen LogP contribution in [0.4, 0.5) is 4.39 Å². The second-order valence-electron chi connectivity index (χ2n) is 8.95. The molecule has 1 aliphatic rings. The first-order valence-electron chi connectivity index (χ1n) is 11.7. The zero-order chi connectivity index (χ0) is 24.8. The molecule has 0 amide bonds. The highest BCUT2D eigenvalue weighted by molar-refractivity contribution is 7.08. The molecule has 0 spiro atoms. The molecule has 2 N–H and O–H groups in total. The molecular formula is C27H29FN2O4S. The van der Waals surface area contributed by atoms with Crippen LogP contribution in [0.2, 0.25) is 0 Å². The third kappa shape index (κ3) is 6.37. The Morgan fingerprint density at radius 3 is 2.97 bits per heavy atom. The van der Waals surface area contributed by atoms with Gasteiger partial charge in [-0.2, -0.15) is 11.3 Å². The number of rotatable bonds is 8. The summed E-state index contributed by atoms with van der Waals surface area (Å²) in [4.78, 5) is 17.9. The fourth-order valence-corrected chi connectivity index (χ4v) is 5.46. The van der Waals surface area contributed by atoms with E-state index in [0.29, 0.717) is 42.6 Å². The number of methoxy groups -OCH3 is 1. The van der Waals surface area contributed by atoms with Gasteiger partial charge in [-0.1, -0.05) is 11.8 Å². The third-order valence-corrected chi connectivity index (χ3v) is 7.36. The average molecular weight is 497 g/mol. The van der Waals surface area contributed by atoms with Crippen LogP contribution in [-0.2, 0) is 4.79 Å². The van der Waals surface area contributed by atoms with Crippen molar-refractivity contribution in [1.82, 2.24) is 9.88 Å². The van der Waals surface area contributed by atoms with E-state index >= 15 is 0 Å². The number of thiophene rings is 1. The molecule has 3 atom stereocenters. The molecule has 3 aromatic rings. The monoisotopic (exact) mass is 496 g/mol. The van der Waals surface area contributed by atoms with E-state index in [4.69, 9.17) is 4.74 Å². The molecule has 8 heteroatoms. The SMILES string of the molecule is COc1ccc2ncc(F)c([C@H](O)CCC3CCN(CC#Cc4ccsc4)CC3CC(=O)O)c2c1. The van der Waals surface area contributed by atoms with Crippen molar-refractivity contribution in [3.8, 4) is 17.6 Å². The van der Waals surface area contributed by atoms with Gasteiger partial charge in [0, 0.05) is 34.9 Å². The number of aromatic nitrogens is 1. The minimum atomic E-state index is -1.02. The van der Waals surface area contributed by atoms with Crippen LogP contribution in [0, 0.1) is 29.5 Å². The molecule has 4 rings (SSSR count). The normalized spacial score (nSPS) is 19.2. The summed E-state index contributed by atoms with van der Waals surface area (Å²) in [6, 6.07) is 7.16. The summed E-state index contributed by atoms with van der Waals surface area (Å²) in [5, 5.41) is 25.0. The maximum absolute atomic E-state index is 14.7. The highest BCUT2D eigenvalue weighted by Gasteiger charge is 2.31. The molecule has 184 valence electrons. The lowest BCUT2D eigenvalue weighted by Gasteiger charge is -2.37. The van der Waals surface area contributed by atoms with Crippen molar-refractivity contribution in [2.24, 2.45) is 11.8 Å². The van der Waals surface area contributed by atoms with Crippen molar-refractivity contribution >= 4 is 28.2 Å². The minimum Gasteiger partial charge on any atom is -0.497 e. The van der Waals surface area contributed by atoms with Gasteiger partial charge >= 0.3 is 5.97 Å². The number of ether oxygens (including phenoxy) is 1. The number of carbonyl (C=O) groups is 1. The summed E-state index contributed by atoms with van der Waals surface area (Å²) < 4.78 is 20.0. The molecule has 0 aliphatic carbocycles. The number of likely N-dealkylation sites (tertiary alicyclic amines) is 1. The first-order valence-corrected chi connectivity index (χ1v) is 12.6. The average Bonchev–Trinajstić information content (AvgIpc) is 3.36. The van der Waals surface area contributed by atoms with E-state index in [1.807, 2.05) is 16.8 Å². The Hall–Kier alpha value is -2.99. The molecule has 0 radical (unpaired) electrons. The predicted molar refractivity (Wildman–Crippen MR) is 134 cm³/mol. The van der Waals surface area contributed by atoms with Gasteiger partial charge in [0.15, 0.2) is 0 Å². The van der Waals surface area contributed by atoms with Crippen LogP contribution in [0.5, 0.6) is 5.75 Å². The maximum atomic E-state index is 14.7. The fourth-order valence-electron chi connectivity index (χ4n) is 4.87. The van der Waals surface area contributed by atoms with Crippen LogP contribution in [0.15, 0.2) is 41.2 Å². The molecule has 6 nitrogen and oxygen atoms in total. The molecule has 3 heterocycles. The van der Waals surface area contributed by atoms with Gasteiger partial charge in [-0.15, -0.1) is 0 Å². The zero-order valence-corrected chi connectivity index (χ0v) is 20.4. The predicted octanol–water partition coefficient (Wildman–Crippen LogP) is 4.72. The van der Waals surface area contributed by atoms with Crippen molar-refractivity contribution in [3.05, 3.63) is 58.2 Å². The summed E-state index contributed by atoms with van der Waals surface area (Å²) in [5.74, 6) is 5.60. The number of aliphatic hydroxyl groups excluding tert-OH is 1. The van der Waals surface area contributed by atoms with Crippen LogP contribution in [-0.4, -0.2) is 52.8 Å². The number of carboxylic acid groups (broad SMARTS) is 1. The number of nitrogens with zero attached hydrogens (tertiary/aromatic N) is 2. The van der Waals surface area contributed by atoms with Gasteiger partial charge in [-0.3, -0.25) is 14.7 Å². The summed E-state index contributed by atoms with van der Waals surface area (Å²) in [6.07, 6.45) is 1.95. The minimum absolute atomic E-state index is 0.0458. The van der Waals surface area contributed by atoms with Gasteiger partial charge in [-0.05, 0) is 67.3 Å². The van der Waals surface area contributed by atoms with Gasteiger partial charge in [0.2, 0.25) is 0 Å². The Balaban J connectivity index is 1.42. The van der Waals surface area contributed by atoms with Crippen molar-refractivity contribution < 1.29 is 24.1 Å². The third-order valence-electron chi connectivity index (χ3n) is 6.68. The second kappa shape index (κ2) is 11.6.